The van der Waals surface area contributed by atoms with E-state index in [4.69, 9.17) is 139 Å². The Kier molecular flexibility index (Phi) is 21.9. The van der Waals surface area contributed by atoms with Gasteiger partial charge in [-0.3, -0.25) is 0 Å². The van der Waals surface area contributed by atoms with Crippen molar-refractivity contribution < 1.29 is 21.1 Å². The molecule has 36 heavy (non-hydrogen) atoms. The van der Waals surface area contributed by atoms with E-state index >= 15 is 0 Å². The minimum absolute atomic E-state index is 0. The standard InChI is InChI=1S/B35.W/c1-20(2)31(21(3)4)29(32(22(5)6)23(7)8)19-30(33(24(9)10)25(11)12)35(28(17)18)34(26(13)14)27(15)16;. The molecular weight excluding hydrogens is 562 g/mol. The maximum absolute atomic E-state index is 6.19. The van der Waals surface area contributed by atoms with Crippen LogP contribution < -0.4 is 0 Å². The third kappa shape index (κ3) is 12.1. The molecule has 0 bridgehead atoms. The van der Waals surface area contributed by atoms with Crippen LogP contribution in [0.2, 0.25) is 0 Å². The molecule has 0 fully saturated rings. The van der Waals surface area contributed by atoms with Crippen LogP contribution in [0.5, 0.6) is 0 Å². The van der Waals surface area contributed by atoms with E-state index in [1.807, 2.05) is 0 Å². The molecule has 0 aliphatic rings. The van der Waals surface area contributed by atoms with Crippen LogP contribution in [0.3, 0.4) is 0 Å². The number of hydrogen-bond donors (Lipinski definition) is 0. The van der Waals surface area contributed by atoms with Gasteiger partial charge in [0.05, 0.1) is 0 Å². The Labute approximate surface area is 267 Å². The van der Waals surface area contributed by atoms with E-state index < -0.39 is 102 Å². The average Bonchev–Trinajstić information content (AvgIpc) is 2.62. The van der Waals surface area contributed by atoms with E-state index in [2.05, 4.69) is 0 Å². The van der Waals surface area contributed by atoms with E-state index in [0.29, 0.717) is 0 Å². The summed E-state index contributed by atoms with van der Waals surface area (Å²) in [5.41, 5.74) is 0. The molecule has 111 valence electrons. The van der Waals surface area contributed by atoms with Crippen molar-refractivity contribution in [3.05, 3.63) is 0 Å². The zero-order chi connectivity index (χ0) is 27.9. The largest absolute Gasteiger partial charge is 0 e. The third-order valence-corrected chi connectivity index (χ3v) is 6.67. The van der Waals surface area contributed by atoms with E-state index in [1.54, 1.807) is 7.06 Å². The van der Waals surface area contributed by atoms with Crippen molar-refractivity contribution in [2.75, 3.05) is 0 Å². The van der Waals surface area contributed by atoms with E-state index in [9.17, 15) is 0 Å². The fraction of sp³-hybridized carbons (Fsp3) is 0. The number of hydrogen-bond acceptors (Lipinski definition) is 0. The molecule has 0 saturated heterocycles. The molecule has 0 rings (SSSR count). The second-order valence-electron chi connectivity index (χ2n) is 9.43. The van der Waals surface area contributed by atoms with Crippen LogP contribution in [0.1, 0.15) is 0 Å². The summed E-state index contributed by atoms with van der Waals surface area (Å²) < 4.78 is 0. The molecule has 0 saturated carbocycles. The first-order chi connectivity index (χ1) is 15.9. The molecule has 36 heteroatoms. The quantitative estimate of drug-likeness (QED) is 0.164. The van der Waals surface area contributed by atoms with Crippen molar-refractivity contribution in [2.24, 2.45) is 0 Å². The van der Waals surface area contributed by atoms with Gasteiger partial charge >= 0.3 is 0 Å². The molecule has 0 aliphatic carbocycles. The Hall–Kier alpha value is 2.96. The van der Waals surface area contributed by atoms with Crippen LogP contribution in [0.25, 0.3) is 0 Å². The Balaban J connectivity index is 0. The monoisotopic (exact) mass is 569 g/mol. The summed E-state index contributed by atoms with van der Waals surface area (Å²) in [5.74, 6) is 0. The third-order valence-electron chi connectivity index (χ3n) is 6.67. The normalized spacial score (nSPS) is 9.22. The Morgan fingerprint density at radius 1 is 0.250 bits per heavy atom. The molecule has 0 unspecified atom stereocenters. The van der Waals surface area contributed by atoms with Gasteiger partial charge in [0.15, 0.2) is 0 Å². The van der Waals surface area contributed by atoms with Crippen molar-refractivity contribution in [3.63, 3.8) is 0 Å². The second-order valence-corrected chi connectivity index (χ2v) is 9.43. The van der Waals surface area contributed by atoms with Crippen LogP contribution in [0, 0.1) is 0 Å². The summed E-state index contributed by atoms with van der Waals surface area (Å²) in [6, 6.07) is 0. The molecule has 0 aromatic heterocycles. The van der Waals surface area contributed by atoms with Crippen LogP contribution >= 0.6 is 0 Å². The molecule has 0 aromatic carbocycles. The van der Waals surface area contributed by atoms with Crippen molar-refractivity contribution in [1.29, 1.82) is 0 Å². The molecule has 0 aromatic rings. The summed E-state index contributed by atoms with van der Waals surface area (Å²) >= 11 is 0. The van der Waals surface area contributed by atoms with Gasteiger partial charge in [-0.15, -0.1) is 0 Å². The van der Waals surface area contributed by atoms with Gasteiger partial charge in [-0.25, -0.2) is 0 Å². The smallest absolute Gasteiger partial charge is 0 e. The molecule has 0 heterocycles. The van der Waals surface area contributed by atoms with Crippen LogP contribution in [-0.2, 0) is 21.1 Å². The van der Waals surface area contributed by atoms with E-state index in [-0.39, 0.29) is 21.1 Å². The topological polar surface area (TPSA) is 0 Å². The Bertz CT molecular complexity index is 487. The van der Waals surface area contributed by atoms with Gasteiger partial charge in [0.1, 0.15) is 0 Å². The molecule has 0 spiro atoms. The summed E-state index contributed by atoms with van der Waals surface area (Å²) in [4.78, 5) is 0. The van der Waals surface area contributed by atoms with Crippen molar-refractivity contribution in [2.45, 2.75) is 0 Å². The average molecular weight is 562 g/mol. The predicted octanol–water partition coefficient (Wildman–Crippen LogP) is -13.3. The first-order valence-electron chi connectivity index (χ1n) is 11.3. The SMILES string of the molecule is [B]B([B])B(B([B])[B])B([B]B(B(B([B])[B])B([B])[B])B(B([B])[B])B(B([B])[B])B([B])[B])B(B([B])[B])B([B])[B].[W]. The van der Waals surface area contributed by atoms with Gasteiger partial charge in [-0.1, -0.05) is 0 Å². The summed E-state index contributed by atoms with van der Waals surface area (Å²) in [5, 5.41) is 0. The summed E-state index contributed by atoms with van der Waals surface area (Å²) in [6.07, 6.45) is -15.5. The van der Waals surface area contributed by atoms with E-state index in [0.717, 1.165) is 0 Å². The summed E-state index contributed by atoms with van der Waals surface area (Å²) in [6.45, 7) is 0. The molecule has 37 radical (unpaired) electrons. The molecular formula is B35W. The minimum atomic E-state index is -1.10. The first-order valence-corrected chi connectivity index (χ1v) is 11.3. The van der Waals surface area contributed by atoms with Gasteiger partial charge in [0, 0.05) is 270 Å². The Morgan fingerprint density at radius 2 is 0.417 bits per heavy atom. The van der Waals surface area contributed by atoms with Crippen molar-refractivity contribution >= 4 is 248 Å². The minimum Gasteiger partial charge on any atom is 0 e. The summed E-state index contributed by atoms with van der Waals surface area (Å²) in [7, 11) is 111. The van der Waals surface area contributed by atoms with Gasteiger partial charge in [-0.05, 0) is 0 Å². The van der Waals surface area contributed by atoms with Crippen LogP contribution in [0.15, 0.2) is 0 Å². The second kappa shape index (κ2) is 19.2. The van der Waals surface area contributed by atoms with Gasteiger partial charge in [0.25, 0.3) is 0 Å². The zero-order valence-corrected chi connectivity index (χ0v) is 23.5. The van der Waals surface area contributed by atoms with Gasteiger partial charge in [0.2, 0.25) is 0 Å². The van der Waals surface area contributed by atoms with Gasteiger partial charge < -0.3 is 0 Å². The molecule has 0 nitrogen and oxygen atoms in total. The van der Waals surface area contributed by atoms with Gasteiger partial charge in [-0.2, -0.15) is 0 Å². The van der Waals surface area contributed by atoms with Crippen molar-refractivity contribution in [1.82, 2.24) is 0 Å². The number of rotatable bonds is 16. The maximum Gasteiger partial charge on any atom is 0 e. The molecule has 0 amide bonds. The fourth-order valence-corrected chi connectivity index (χ4v) is 5.13. The first kappa shape index (κ1) is 41.1. The molecule has 0 aliphatic heterocycles. The Morgan fingerprint density at radius 3 is 0.583 bits per heavy atom. The maximum atomic E-state index is 6.19. The zero-order valence-electron chi connectivity index (χ0n) is 20.6. The predicted molar refractivity (Wildman–Crippen MR) is 201 cm³/mol. The van der Waals surface area contributed by atoms with E-state index in [1.165, 1.54) is 0 Å². The fourth-order valence-electron chi connectivity index (χ4n) is 5.13. The molecule has 0 atom stereocenters. The van der Waals surface area contributed by atoms with Crippen LogP contribution in [-0.4, -0.2) is 248 Å². The van der Waals surface area contributed by atoms with Crippen molar-refractivity contribution in [3.8, 4) is 0 Å². The molecule has 0 N–H and O–H groups in total. The van der Waals surface area contributed by atoms with Crippen LogP contribution in [0.4, 0.5) is 0 Å².